The third-order valence-corrected chi connectivity index (χ3v) is 6.91. The Morgan fingerprint density at radius 3 is 2.58 bits per heavy atom. The van der Waals surface area contributed by atoms with E-state index in [0.29, 0.717) is 12.0 Å². The number of carbonyl (C=O) groups is 1. The van der Waals surface area contributed by atoms with E-state index in [1.165, 1.54) is 0 Å². The molecule has 0 bridgehead atoms. The number of carbonyl (C=O) groups excluding carboxylic acids is 1. The minimum atomic E-state index is 0.000590. The highest BCUT2D eigenvalue weighted by atomic mass is 16.1. The highest BCUT2D eigenvalue weighted by molar-refractivity contribution is 5.78. The summed E-state index contributed by atoms with van der Waals surface area (Å²) in [5, 5.41) is 12.1. The summed E-state index contributed by atoms with van der Waals surface area (Å²) in [4.78, 5) is 19.6. The van der Waals surface area contributed by atoms with E-state index in [4.69, 9.17) is 0 Å². The molecule has 33 heavy (non-hydrogen) atoms. The van der Waals surface area contributed by atoms with E-state index in [0.717, 1.165) is 75.4 Å². The van der Waals surface area contributed by atoms with Gasteiger partial charge in [-0.1, -0.05) is 46.6 Å². The van der Waals surface area contributed by atoms with Crippen LogP contribution in [-0.2, 0) is 4.79 Å². The Bertz CT molecular complexity index is 857. The molecular weight excluding hydrogens is 412 g/mol. The Kier molecular flexibility index (Phi) is 9.41. The topological polar surface area (TPSA) is 75.9 Å². The lowest BCUT2D eigenvalue weighted by Crippen LogP contribution is -2.39. The SMILES string of the molecule is CCCCC(C)C(=O)N[C@@H](CCN1CCC(n2c(C)nnc2C(C)C)CC1)c1cccnc1. The molecular formula is C26H42N6O. The van der Waals surface area contributed by atoms with Gasteiger partial charge in [0.1, 0.15) is 11.6 Å². The molecule has 2 aromatic heterocycles. The zero-order chi connectivity index (χ0) is 23.8. The maximum atomic E-state index is 12.8. The number of aryl methyl sites for hydroxylation is 1. The molecule has 1 aliphatic heterocycles. The summed E-state index contributed by atoms with van der Waals surface area (Å²) in [6.45, 7) is 13.7. The molecule has 1 unspecified atom stereocenters. The van der Waals surface area contributed by atoms with Crippen LogP contribution in [0.25, 0.3) is 0 Å². The highest BCUT2D eigenvalue weighted by Gasteiger charge is 2.26. The van der Waals surface area contributed by atoms with E-state index in [-0.39, 0.29) is 17.9 Å². The minimum absolute atomic E-state index is 0.000590. The van der Waals surface area contributed by atoms with E-state index in [1.54, 1.807) is 6.20 Å². The molecule has 0 saturated carbocycles. The molecule has 182 valence electrons. The maximum Gasteiger partial charge on any atom is 0.223 e. The fourth-order valence-corrected chi connectivity index (χ4v) is 4.80. The smallest absolute Gasteiger partial charge is 0.223 e. The predicted octanol–water partition coefficient (Wildman–Crippen LogP) is 4.82. The summed E-state index contributed by atoms with van der Waals surface area (Å²) in [6.07, 6.45) is 9.93. The Hall–Kier alpha value is -2.28. The number of aromatic nitrogens is 4. The fourth-order valence-electron chi connectivity index (χ4n) is 4.80. The largest absolute Gasteiger partial charge is 0.349 e. The first-order valence-corrected chi connectivity index (χ1v) is 12.7. The minimum Gasteiger partial charge on any atom is -0.349 e. The van der Waals surface area contributed by atoms with Crippen molar-refractivity contribution in [2.75, 3.05) is 19.6 Å². The van der Waals surface area contributed by atoms with Gasteiger partial charge in [-0.25, -0.2) is 0 Å². The molecule has 7 nitrogen and oxygen atoms in total. The summed E-state index contributed by atoms with van der Waals surface area (Å²) in [5.74, 6) is 2.70. The Balaban J connectivity index is 1.57. The third kappa shape index (κ3) is 6.85. The van der Waals surface area contributed by atoms with Crippen LogP contribution < -0.4 is 5.32 Å². The summed E-state index contributed by atoms with van der Waals surface area (Å²) in [7, 11) is 0. The number of piperidine rings is 1. The molecule has 1 saturated heterocycles. The zero-order valence-electron chi connectivity index (χ0n) is 21.1. The van der Waals surface area contributed by atoms with E-state index < -0.39 is 0 Å². The Morgan fingerprint density at radius 1 is 1.18 bits per heavy atom. The van der Waals surface area contributed by atoms with E-state index >= 15 is 0 Å². The van der Waals surface area contributed by atoms with E-state index in [2.05, 4.69) is 63.7 Å². The van der Waals surface area contributed by atoms with Crippen LogP contribution in [0.1, 0.15) is 101 Å². The number of pyridine rings is 1. The summed E-state index contributed by atoms with van der Waals surface area (Å²) < 4.78 is 2.36. The van der Waals surface area contributed by atoms with Crippen molar-refractivity contribution in [3.63, 3.8) is 0 Å². The van der Waals surface area contributed by atoms with Gasteiger partial charge < -0.3 is 14.8 Å². The van der Waals surface area contributed by atoms with Crippen molar-refractivity contribution in [3.8, 4) is 0 Å². The number of hydrogen-bond donors (Lipinski definition) is 1. The molecule has 2 aromatic rings. The van der Waals surface area contributed by atoms with Gasteiger partial charge in [0.15, 0.2) is 0 Å². The van der Waals surface area contributed by atoms with Crippen molar-refractivity contribution >= 4 is 5.91 Å². The van der Waals surface area contributed by atoms with Gasteiger partial charge in [0.2, 0.25) is 5.91 Å². The second-order valence-corrected chi connectivity index (χ2v) is 9.88. The van der Waals surface area contributed by atoms with Crippen LogP contribution >= 0.6 is 0 Å². The first-order chi connectivity index (χ1) is 15.9. The van der Waals surface area contributed by atoms with Gasteiger partial charge in [-0.3, -0.25) is 9.78 Å². The highest BCUT2D eigenvalue weighted by Crippen LogP contribution is 2.28. The van der Waals surface area contributed by atoms with Crippen LogP contribution in [0.3, 0.4) is 0 Å². The molecule has 1 N–H and O–H groups in total. The van der Waals surface area contributed by atoms with Gasteiger partial charge in [-0.05, 0) is 44.2 Å². The maximum absolute atomic E-state index is 12.8. The Labute approximate surface area is 199 Å². The molecule has 3 heterocycles. The fraction of sp³-hybridized carbons (Fsp3) is 0.692. The monoisotopic (exact) mass is 454 g/mol. The van der Waals surface area contributed by atoms with Crippen molar-refractivity contribution < 1.29 is 4.79 Å². The van der Waals surface area contributed by atoms with Gasteiger partial charge in [-0.15, -0.1) is 10.2 Å². The molecule has 2 atom stereocenters. The second kappa shape index (κ2) is 12.3. The van der Waals surface area contributed by atoms with Gasteiger partial charge in [0, 0.05) is 49.9 Å². The van der Waals surface area contributed by atoms with Crippen molar-refractivity contribution in [2.45, 2.75) is 91.1 Å². The molecule has 7 heteroatoms. The number of nitrogens with one attached hydrogen (secondary N) is 1. The van der Waals surface area contributed by atoms with Gasteiger partial charge in [0.05, 0.1) is 6.04 Å². The van der Waals surface area contributed by atoms with E-state index in [9.17, 15) is 4.79 Å². The molecule has 0 aromatic carbocycles. The standard InChI is InChI=1S/C26H42N6O/c1-6-7-9-20(4)26(33)28-24(22-10-8-14-27-18-22)13-17-31-15-11-23(12-16-31)32-21(5)29-30-25(32)19(2)3/h8,10,14,18-20,23-24H,6-7,9,11-13,15-17H2,1-5H3,(H,28,33)/t20?,24-/m0/s1. The lowest BCUT2D eigenvalue weighted by Gasteiger charge is -2.34. The summed E-state index contributed by atoms with van der Waals surface area (Å²) in [5.41, 5.74) is 1.09. The van der Waals surface area contributed by atoms with Crippen LogP contribution in [-0.4, -0.2) is 50.2 Å². The van der Waals surface area contributed by atoms with Crippen molar-refractivity contribution in [1.82, 2.24) is 30.0 Å². The van der Waals surface area contributed by atoms with Crippen molar-refractivity contribution in [2.24, 2.45) is 5.92 Å². The molecule has 1 amide bonds. The van der Waals surface area contributed by atoms with Gasteiger partial charge in [0.25, 0.3) is 0 Å². The first-order valence-electron chi connectivity index (χ1n) is 12.7. The van der Waals surface area contributed by atoms with Crippen LogP contribution in [0.2, 0.25) is 0 Å². The Morgan fingerprint density at radius 2 is 1.94 bits per heavy atom. The summed E-state index contributed by atoms with van der Waals surface area (Å²) in [6, 6.07) is 4.50. The van der Waals surface area contributed by atoms with Crippen LogP contribution in [0.4, 0.5) is 0 Å². The molecule has 1 aliphatic rings. The van der Waals surface area contributed by atoms with Gasteiger partial charge in [-0.2, -0.15) is 0 Å². The average Bonchev–Trinajstić information content (AvgIpc) is 3.22. The van der Waals surface area contributed by atoms with Gasteiger partial charge >= 0.3 is 0 Å². The van der Waals surface area contributed by atoms with Crippen LogP contribution in [0, 0.1) is 12.8 Å². The quantitative estimate of drug-likeness (QED) is 0.527. The second-order valence-electron chi connectivity index (χ2n) is 9.88. The normalized spacial score (nSPS) is 17.3. The number of unbranched alkanes of at least 4 members (excludes halogenated alkanes) is 1. The lowest BCUT2D eigenvalue weighted by molar-refractivity contribution is -0.125. The van der Waals surface area contributed by atoms with Crippen LogP contribution in [0.15, 0.2) is 24.5 Å². The van der Waals surface area contributed by atoms with Crippen molar-refractivity contribution in [1.29, 1.82) is 0 Å². The van der Waals surface area contributed by atoms with Crippen LogP contribution in [0.5, 0.6) is 0 Å². The first kappa shape index (κ1) is 25.3. The summed E-state index contributed by atoms with van der Waals surface area (Å²) >= 11 is 0. The number of nitrogens with zero attached hydrogens (tertiary/aromatic N) is 5. The van der Waals surface area contributed by atoms with Crippen molar-refractivity contribution in [3.05, 3.63) is 41.7 Å². The molecule has 1 fully saturated rings. The third-order valence-electron chi connectivity index (χ3n) is 6.91. The molecule has 3 rings (SSSR count). The number of hydrogen-bond acceptors (Lipinski definition) is 5. The molecule has 0 aliphatic carbocycles. The number of likely N-dealkylation sites (tertiary alicyclic amines) is 1. The predicted molar refractivity (Wildman–Crippen MR) is 132 cm³/mol. The number of amides is 1. The average molecular weight is 455 g/mol. The van der Waals surface area contributed by atoms with E-state index in [1.807, 2.05) is 19.2 Å². The zero-order valence-corrected chi connectivity index (χ0v) is 21.1. The lowest BCUT2D eigenvalue weighted by atomic mass is 9.99. The molecule has 0 radical (unpaired) electrons. The number of rotatable bonds is 11. The molecule has 0 spiro atoms.